The Kier molecular flexibility index (Phi) is 6.40. The van der Waals surface area contributed by atoms with Gasteiger partial charge in [-0.25, -0.2) is 4.79 Å². The number of carboxylic acids is 2. The van der Waals surface area contributed by atoms with Gasteiger partial charge in [0.2, 0.25) is 5.91 Å². The summed E-state index contributed by atoms with van der Waals surface area (Å²) in [5, 5.41) is 20.0. The Morgan fingerprint density at radius 1 is 1.22 bits per heavy atom. The van der Waals surface area contributed by atoms with E-state index in [1.807, 2.05) is 0 Å². The van der Waals surface area contributed by atoms with Crippen LogP contribution in [0.2, 0.25) is 0 Å². The molecule has 0 saturated heterocycles. The highest BCUT2D eigenvalue weighted by atomic mass is 16.4. The number of carbonyl (C=O) groups excluding carboxylic acids is 2. The third-order valence-corrected chi connectivity index (χ3v) is 3.15. The van der Waals surface area contributed by atoms with Crippen molar-refractivity contribution in [2.45, 2.75) is 31.8 Å². The molecule has 1 aromatic carbocycles. The summed E-state index contributed by atoms with van der Waals surface area (Å²) in [5.41, 5.74) is 6.06. The Morgan fingerprint density at radius 2 is 1.87 bits per heavy atom. The van der Waals surface area contributed by atoms with Gasteiger partial charge in [-0.15, -0.1) is 0 Å². The number of hydrogen-bond donors (Lipinski definition) is 4. The first-order valence-corrected chi connectivity index (χ1v) is 6.81. The highest BCUT2D eigenvalue weighted by molar-refractivity contribution is 5.91. The Labute approximate surface area is 132 Å². The lowest BCUT2D eigenvalue weighted by atomic mass is 10.0. The van der Waals surface area contributed by atoms with Gasteiger partial charge in [-0.1, -0.05) is 12.1 Å². The molecule has 0 saturated carbocycles. The van der Waals surface area contributed by atoms with Crippen molar-refractivity contribution in [3.05, 3.63) is 35.4 Å². The molecule has 0 aromatic heterocycles. The molecular formula is C15H18N2O6. The Morgan fingerprint density at radius 3 is 2.39 bits per heavy atom. The molecule has 0 radical (unpaired) electrons. The van der Waals surface area contributed by atoms with Crippen molar-refractivity contribution in [2.24, 2.45) is 5.73 Å². The van der Waals surface area contributed by atoms with Gasteiger partial charge in [-0.3, -0.25) is 14.4 Å². The minimum absolute atomic E-state index is 0.0682. The van der Waals surface area contributed by atoms with E-state index in [1.165, 1.54) is 25.1 Å². The number of hydrogen-bond acceptors (Lipinski definition) is 5. The lowest BCUT2D eigenvalue weighted by Gasteiger charge is -2.18. The van der Waals surface area contributed by atoms with Crippen LogP contribution < -0.4 is 11.1 Å². The number of rotatable bonds is 8. The van der Waals surface area contributed by atoms with Gasteiger partial charge in [0, 0.05) is 0 Å². The van der Waals surface area contributed by atoms with Crippen LogP contribution in [0.5, 0.6) is 0 Å². The molecule has 1 aromatic rings. The molecule has 8 nitrogen and oxygen atoms in total. The molecule has 8 heteroatoms. The van der Waals surface area contributed by atoms with E-state index in [-0.39, 0.29) is 17.8 Å². The minimum Gasteiger partial charge on any atom is -0.481 e. The van der Waals surface area contributed by atoms with E-state index in [4.69, 9.17) is 15.9 Å². The predicted octanol–water partition coefficient (Wildman–Crippen LogP) is -0.197. The number of amides is 1. The lowest BCUT2D eigenvalue weighted by molar-refractivity contribution is -0.139. The summed E-state index contributed by atoms with van der Waals surface area (Å²) >= 11 is 0. The van der Waals surface area contributed by atoms with Crippen molar-refractivity contribution in [3.63, 3.8) is 0 Å². The smallest absolute Gasteiger partial charge is 0.335 e. The quantitative estimate of drug-likeness (QED) is 0.518. The van der Waals surface area contributed by atoms with Crippen LogP contribution in [0, 0.1) is 0 Å². The predicted molar refractivity (Wildman–Crippen MR) is 79.9 cm³/mol. The topological polar surface area (TPSA) is 147 Å². The first kappa shape index (κ1) is 18.3. The molecule has 5 N–H and O–H groups in total. The van der Waals surface area contributed by atoms with Gasteiger partial charge in [0.05, 0.1) is 24.1 Å². The maximum Gasteiger partial charge on any atom is 0.335 e. The van der Waals surface area contributed by atoms with Crippen LogP contribution >= 0.6 is 0 Å². The van der Waals surface area contributed by atoms with E-state index in [9.17, 15) is 19.2 Å². The number of aromatic carboxylic acids is 1. The Bertz CT molecular complexity index is 628. The van der Waals surface area contributed by atoms with Crippen LogP contribution in [0.1, 0.15) is 29.3 Å². The summed E-state index contributed by atoms with van der Waals surface area (Å²) in [6, 6.07) is 3.81. The monoisotopic (exact) mass is 322 g/mol. The largest absolute Gasteiger partial charge is 0.481 e. The number of Topliss-reactive ketones (excluding diaryl/α,β-unsaturated/α-hetero) is 1. The lowest BCUT2D eigenvalue weighted by Crippen LogP contribution is -2.49. The zero-order valence-corrected chi connectivity index (χ0v) is 12.5. The van der Waals surface area contributed by atoms with Crippen molar-refractivity contribution in [1.29, 1.82) is 0 Å². The van der Waals surface area contributed by atoms with Gasteiger partial charge in [0.1, 0.15) is 0 Å². The van der Waals surface area contributed by atoms with Crippen LogP contribution in [0.3, 0.4) is 0 Å². The molecule has 0 fully saturated rings. The molecule has 124 valence electrons. The number of nitrogens with two attached hydrogens (primary N) is 1. The van der Waals surface area contributed by atoms with E-state index in [2.05, 4.69) is 5.32 Å². The van der Waals surface area contributed by atoms with Crippen LogP contribution in [-0.2, 0) is 20.8 Å². The second-order valence-electron chi connectivity index (χ2n) is 5.09. The Hall–Kier alpha value is -2.74. The summed E-state index contributed by atoms with van der Waals surface area (Å²) < 4.78 is 0. The number of carbonyl (C=O) groups is 4. The highest BCUT2D eigenvalue weighted by Crippen LogP contribution is 2.09. The van der Waals surface area contributed by atoms with Crippen LogP contribution in [0.4, 0.5) is 0 Å². The van der Waals surface area contributed by atoms with Gasteiger partial charge in [-0.2, -0.15) is 0 Å². The molecule has 0 heterocycles. The van der Waals surface area contributed by atoms with Crippen molar-refractivity contribution in [3.8, 4) is 0 Å². The molecule has 0 aliphatic heterocycles. The minimum atomic E-state index is -1.26. The summed E-state index contributed by atoms with van der Waals surface area (Å²) in [6.07, 6.45) is -0.465. The van der Waals surface area contributed by atoms with Gasteiger partial charge >= 0.3 is 11.9 Å². The summed E-state index contributed by atoms with van der Waals surface area (Å²) in [4.78, 5) is 44.9. The summed E-state index contributed by atoms with van der Waals surface area (Å²) in [6.45, 7) is 1.27. The normalized spacial score (nSPS) is 13.0. The number of aliphatic carboxylic acids is 1. The molecule has 23 heavy (non-hydrogen) atoms. The van der Waals surface area contributed by atoms with E-state index < -0.39 is 36.4 Å². The van der Waals surface area contributed by atoms with Gasteiger partial charge < -0.3 is 21.3 Å². The van der Waals surface area contributed by atoms with E-state index in [0.717, 1.165) is 0 Å². The third-order valence-electron chi connectivity index (χ3n) is 3.15. The van der Waals surface area contributed by atoms with Crippen LogP contribution in [0.25, 0.3) is 0 Å². The zero-order valence-electron chi connectivity index (χ0n) is 12.5. The van der Waals surface area contributed by atoms with Crippen molar-refractivity contribution in [1.82, 2.24) is 5.32 Å². The van der Waals surface area contributed by atoms with Gasteiger partial charge in [-0.05, 0) is 31.0 Å². The van der Waals surface area contributed by atoms with Gasteiger partial charge in [0.25, 0.3) is 0 Å². The van der Waals surface area contributed by atoms with Crippen molar-refractivity contribution in [2.75, 3.05) is 0 Å². The zero-order chi connectivity index (χ0) is 17.6. The maximum atomic E-state index is 11.8. The second-order valence-corrected chi connectivity index (χ2v) is 5.09. The fraction of sp³-hybridized carbons (Fsp3) is 0.333. The van der Waals surface area contributed by atoms with E-state index in [1.54, 1.807) is 6.07 Å². The number of benzene rings is 1. The van der Waals surface area contributed by atoms with Crippen LogP contribution in [-0.4, -0.2) is 45.9 Å². The van der Waals surface area contributed by atoms with Crippen LogP contribution in [0.15, 0.2) is 24.3 Å². The molecule has 0 unspecified atom stereocenters. The average Bonchev–Trinajstić information content (AvgIpc) is 2.45. The van der Waals surface area contributed by atoms with Gasteiger partial charge in [0.15, 0.2) is 5.78 Å². The first-order chi connectivity index (χ1) is 10.7. The number of ketones is 1. The van der Waals surface area contributed by atoms with Crippen molar-refractivity contribution < 1.29 is 29.4 Å². The molecule has 0 aliphatic rings. The van der Waals surface area contributed by atoms with Crippen molar-refractivity contribution >= 4 is 23.6 Å². The molecule has 0 bridgehead atoms. The van der Waals surface area contributed by atoms with E-state index in [0.29, 0.717) is 5.56 Å². The molecular weight excluding hydrogens is 304 g/mol. The SMILES string of the molecule is CC(=O)[C@H](Cc1cccc(C(=O)O)c1)NC(=O)[C@@H](N)CC(=O)O. The maximum absolute atomic E-state index is 11.8. The fourth-order valence-corrected chi connectivity index (χ4v) is 1.92. The van der Waals surface area contributed by atoms with E-state index >= 15 is 0 Å². The average molecular weight is 322 g/mol. The molecule has 0 spiro atoms. The molecule has 1 rings (SSSR count). The number of carboxylic acid groups (broad SMARTS) is 2. The molecule has 2 atom stereocenters. The summed E-state index contributed by atoms with van der Waals surface area (Å²) in [7, 11) is 0. The highest BCUT2D eigenvalue weighted by Gasteiger charge is 2.23. The fourth-order valence-electron chi connectivity index (χ4n) is 1.92. The second kappa shape index (κ2) is 8.04. The molecule has 0 aliphatic carbocycles. The first-order valence-electron chi connectivity index (χ1n) is 6.81. The summed E-state index contributed by atoms with van der Waals surface area (Å²) in [5.74, 6) is -3.41. The standard InChI is InChI=1S/C15H18N2O6/c1-8(18)12(17-14(21)11(16)7-13(19)20)6-9-3-2-4-10(5-9)15(22)23/h2-5,11-12H,6-7,16H2,1H3,(H,17,21)(H,19,20)(H,22,23)/t11-,12-/m0/s1. The number of nitrogens with one attached hydrogen (secondary N) is 1. The third kappa shape index (κ3) is 5.87. The Balaban J connectivity index is 2.81. The molecule has 1 amide bonds.